The van der Waals surface area contributed by atoms with Crippen LogP contribution in [-0.4, -0.2) is 30.9 Å². The second-order valence-corrected chi connectivity index (χ2v) is 6.57. The Morgan fingerprint density at radius 2 is 2.00 bits per heavy atom. The number of hydrogen-bond acceptors (Lipinski definition) is 3. The van der Waals surface area contributed by atoms with E-state index in [-0.39, 0.29) is 12.3 Å². The lowest BCUT2D eigenvalue weighted by Crippen LogP contribution is -2.29. The third-order valence-corrected chi connectivity index (χ3v) is 4.61. The summed E-state index contributed by atoms with van der Waals surface area (Å²) >= 11 is 0. The van der Waals surface area contributed by atoms with Crippen LogP contribution in [0.4, 0.5) is 0 Å². The van der Waals surface area contributed by atoms with Crippen molar-refractivity contribution in [2.24, 2.45) is 5.92 Å². The molecule has 0 aliphatic heterocycles. The Morgan fingerprint density at radius 1 is 1.38 bits per heavy atom. The zero-order valence-corrected chi connectivity index (χ0v) is 11.1. The molecule has 1 saturated carbocycles. The Bertz CT molecular complexity index is 238. The summed E-state index contributed by atoms with van der Waals surface area (Å²) in [7, 11) is -1.80. The van der Waals surface area contributed by atoms with Crippen LogP contribution in [0.25, 0.3) is 0 Å². The first-order valence-corrected chi connectivity index (χ1v) is 7.84. The van der Waals surface area contributed by atoms with Gasteiger partial charge in [0.05, 0.1) is 12.7 Å². The molecule has 1 fully saturated rings. The number of hydrogen-bond donors (Lipinski definition) is 1. The molecular formula is C11H23O4P. The lowest BCUT2D eigenvalue weighted by Gasteiger charge is -2.30. The van der Waals surface area contributed by atoms with Gasteiger partial charge in [-0.3, -0.25) is 4.57 Å². The van der Waals surface area contributed by atoms with Crippen LogP contribution in [0.5, 0.6) is 0 Å². The molecule has 0 aromatic heterocycles. The van der Waals surface area contributed by atoms with Gasteiger partial charge in [-0.15, -0.1) is 0 Å². The fourth-order valence-electron chi connectivity index (χ4n) is 2.21. The van der Waals surface area contributed by atoms with Crippen LogP contribution < -0.4 is 0 Å². The molecule has 96 valence electrons. The standard InChI is InChI=1S/C11H23O4P/c1-3-16(12,13)15-11(9-14-2)10-7-5-4-6-8-10/h10-11H,3-9H2,1-2H3,(H,12,13). The van der Waals surface area contributed by atoms with E-state index < -0.39 is 7.60 Å². The monoisotopic (exact) mass is 250 g/mol. The van der Waals surface area contributed by atoms with Crippen molar-refractivity contribution >= 4 is 7.60 Å². The minimum absolute atomic E-state index is 0.167. The average Bonchev–Trinajstić information content (AvgIpc) is 2.29. The van der Waals surface area contributed by atoms with Crippen LogP contribution in [0, 0.1) is 5.92 Å². The van der Waals surface area contributed by atoms with Gasteiger partial charge in [-0.1, -0.05) is 26.2 Å². The van der Waals surface area contributed by atoms with Crippen molar-refractivity contribution in [1.82, 2.24) is 0 Å². The molecule has 1 N–H and O–H groups in total. The van der Waals surface area contributed by atoms with Gasteiger partial charge >= 0.3 is 7.60 Å². The van der Waals surface area contributed by atoms with Gasteiger partial charge in [0.15, 0.2) is 0 Å². The molecule has 1 rings (SSSR count). The predicted octanol–water partition coefficient (Wildman–Crippen LogP) is 2.80. The summed E-state index contributed by atoms with van der Waals surface area (Å²) < 4.78 is 22.0. The summed E-state index contributed by atoms with van der Waals surface area (Å²) in [6.45, 7) is 2.08. The van der Waals surface area contributed by atoms with Crippen LogP contribution in [0.15, 0.2) is 0 Å². The SMILES string of the molecule is CCP(=O)(O)OC(COC)C1CCCCC1. The molecule has 0 bridgehead atoms. The van der Waals surface area contributed by atoms with Crippen molar-refractivity contribution in [3.8, 4) is 0 Å². The molecule has 0 spiro atoms. The predicted molar refractivity (Wildman–Crippen MR) is 63.7 cm³/mol. The fraction of sp³-hybridized carbons (Fsp3) is 1.00. The Morgan fingerprint density at radius 3 is 2.50 bits per heavy atom. The first kappa shape index (κ1) is 14.2. The zero-order chi connectivity index (χ0) is 12.0. The average molecular weight is 250 g/mol. The van der Waals surface area contributed by atoms with Crippen LogP contribution in [-0.2, 0) is 13.8 Å². The second kappa shape index (κ2) is 6.75. The van der Waals surface area contributed by atoms with Gasteiger partial charge in [0, 0.05) is 13.3 Å². The lowest BCUT2D eigenvalue weighted by molar-refractivity contribution is 0.0239. The van der Waals surface area contributed by atoms with Crippen molar-refractivity contribution in [2.75, 3.05) is 19.9 Å². The second-order valence-electron chi connectivity index (χ2n) is 4.45. The van der Waals surface area contributed by atoms with Gasteiger partial charge in [0.2, 0.25) is 0 Å². The van der Waals surface area contributed by atoms with E-state index in [0.717, 1.165) is 12.8 Å². The maximum Gasteiger partial charge on any atom is 0.328 e. The Balaban J connectivity index is 2.55. The van der Waals surface area contributed by atoms with Crippen molar-refractivity contribution < 1.29 is 18.7 Å². The molecule has 2 atom stereocenters. The lowest BCUT2D eigenvalue weighted by atomic mass is 9.85. The summed E-state index contributed by atoms with van der Waals surface area (Å²) in [6.07, 6.45) is 5.75. The molecule has 2 unspecified atom stereocenters. The highest BCUT2D eigenvalue weighted by molar-refractivity contribution is 7.52. The molecule has 0 radical (unpaired) electrons. The van der Waals surface area contributed by atoms with Gasteiger partial charge in [0.1, 0.15) is 0 Å². The molecule has 0 amide bonds. The van der Waals surface area contributed by atoms with Crippen molar-refractivity contribution in [3.05, 3.63) is 0 Å². The van der Waals surface area contributed by atoms with E-state index in [1.54, 1.807) is 14.0 Å². The van der Waals surface area contributed by atoms with Crippen molar-refractivity contribution in [1.29, 1.82) is 0 Å². The molecule has 5 heteroatoms. The number of methoxy groups -OCH3 is 1. The highest BCUT2D eigenvalue weighted by Crippen LogP contribution is 2.45. The quantitative estimate of drug-likeness (QED) is 0.736. The molecule has 0 aromatic carbocycles. The molecular weight excluding hydrogens is 227 g/mol. The van der Waals surface area contributed by atoms with Crippen molar-refractivity contribution in [3.63, 3.8) is 0 Å². The van der Waals surface area contributed by atoms with E-state index in [1.807, 2.05) is 0 Å². The normalized spacial score (nSPS) is 23.9. The summed E-state index contributed by atoms with van der Waals surface area (Å²) in [5, 5.41) is 0. The Kier molecular flexibility index (Phi) is 5.98. The van der Waals surface area contributed by atoms with Gasteiger partial charge in [0.25, 0.3) is 0 Å². The van der Waals surface area contributed by atoms with Crippen LogP contribution in [0.3, 0.4) is 0 Å². The van der Waals surface area contributed by atoms with E-state index in [1.165, 1.54) is 19.3 Å². The largest absolute Gasteiger partial charge is 0.382 e. The fourth-order valence-corrected chi connectivity index (χ4v) is 3.01. The molecule has 1 aliphatic carbocycles. The smallest absolute Gasteiger partial charge is 0.328 e. The van der Waals surface area contributed by atoms with Crippen LogP contribution in [0.2, 0.25) is 0 Å². The van der Waals surface area contributed by atoms with Gasteiger partial charge in [-0.2, -0.15) is 0 Å². The summed E-state index contributed by atoms with van der Waals surface area (Å²) in [4.78, 5) is 9.53. The van der Waals surface area contributed by atoms with E-state index in [4.69, 9.17) is 9.26 Å². The van der Waals surface area contributed by atoms with E-state index in [9.17, 15) is 9.46 Å². The first-order valence-electron chi connectivity index (χ1n) is 6.08. The van der Waals surface area contributed by atoms with Gasteiger partial charge in [-0.05, 0) is 18.8 Å². The maximum absolute atomic E-state index is 11.6. The summed E-state index contributed by atoms with van der Waals surface area (Å²) in [6, 6.07) is 0. The molecule has 0 heterocycles. The Labute approximate surface area is 97.9 Å². The highest BCUT2D eigenvalue weighted by atomic mass is 31.2. The number of rotatable bonds is 6. The third kappa shape index (κ3) is 4.54. The molecule has 16 heavy (non-hydrogen) atoms. The summed E-state index contributed by atoms with van der Waals surface area (Å²) in [5.74, 6) is 0.376. The highest BCUT2D eigenvalue weighted by Gasteiger charge is 2.30. The molecule has 0 saturated heterocycles. The molecule has 1 aliphatic rings. The summed E-state index contributed by atoms with van der Waals surface area (Å²) in [5.41, 5.74) is 0. The Hall–Kier alpha value is 0.110. The van der Waals surface area contributed by atoms with Crippen LogP contribution in [0.1, 0.15) is 39.0 Å². The topological polar surface area (TPSA) is 55.8 Å². The minimum atomic E-state index is -3.41. The van der Waals surface area contributed by atoms with Crippen LogP contribution >= 0.6 is 7.60 Å². The molecule has 0 aromatic rings. The minimum Gasteiger partial charge on any atom is -0.382 e. The number of ether oxygens (including phenoxy) is 1. The third-order valence-electron chi connectivity index (χ3n) is 3.21. The van der Waals surface area contributed by atoms with E-state index in [0.29, 0.717) is 12.5 Å². The van der Waals surface area contributed by atoms with E-state index >= 15 is 0 Å². The van der Waals surface area contributed by atoms with Crippen molar-refractivity contribution in [2.45, 2.75) is 45.1 Å². The zero-order valence-electron chi connectivity index (χ0n) is 10.2. The van der Waals surface area contributed by atoms with Gasteiger partial charge < -0.3 is 14.2 Å². The van der Waals surface area contributed by atoms with Gasteiger partial charge in [-0.25, -0.2) is 0 Å². The maximum atomic E-state index is 11.6. The first-order chi connectivity index (χ1) is 7.59. The molecule has 4 nitrogen and oxygen atoms in total. The van der Waals surface area contributed by atoms with E-state index in [2.05, 4.69) is 0 Å².